The van der Waals surface area contributed by atoms with E-state index in [0.717, 1.165) is 69.8 Å². The zero-order chi connectivity index (χ0) is 41.7. The van der Waals surface area contributed by atoms with Crippen LogP contribution in [0.1, 0.15) is 124 Å². The van der Waals surface area contributed by atoms with Crippen molar-refractivity contribution in [1.29, 1.82) is 0 Å². The van der Waals surface area contributed by atoms with Crippen LogP contribution in [0.3, 0.4) is 0 Å². The SMILES string of the molecule is CCCc1ccc(C(=O)Oc2ccc(OC(=O)c3ccc(C=CC(=O)OC)cc3)cc2C(=O)OCCCCCCCCCCCOC(=O)c2cc(N)cc(N)c2)cc1. The Morgan fingerprint density at radius 1 is 0.569 bits per heavy atom. The zero-order valence-corrected chi connectivity index (χ0v) is 33.2. The van der Waals surface area contributed by atoms with Crippen LogP contribution in [-0.4, -0.2) is 50.2 Å². The monoisotopic (exact) mass is 792 g/mol. The Morgan fingerprint density at radius 3 is 1.67 bits per heavy atom. The first-order chi connectivity index (χ1) is 28.1. The Morgan fingerprint density at radius 2 is 1.10 bits per heavy atom. The minimum Gasteiger partial charge on any atom is -0.466 e. The van der Waals surface area contributed by atoms with Gasteiger partial charge in [0.1, 0.15) is 17.1 Å². The van der Waals surface area contributed by atoms with Crippen molar-refractivity contribution in [2.75, 3.05) is 31.8 Å². The van der Waals surface area contributed by atoms with E-state index >= 15 is 0 Å². The molecular formula is C46H52N2O10. The van der Waals surface area contributed by atoms with Crippen molar-refractivity contribution in [3.63, 3.8) is 0 Å². The number of aryl methyl sites for hydroxylation is 1. The van der Waals surface area contributed by atoms with Crippen molar-refractivity contribution in [3.05, 3.63) is 124 Å². The van der Waals surface area contributed by atoms with Crippen molar-refractivity contribution in [2.24, 2.45) is 0 Å². The van der Waals surface area contributed by atoms with E-state index < -0.39 is 29.8 Å². The summed E-state index contributed by atoms with van der Waals surface area (Å²) in [7, 11) is 1.28. The fraction of sp³-hybridized carbons (Fsp3) is 0.326. The number of nitrogens with two attached hydrogens (primary N) is 2. The van der Waals surface area contributed by atoms with Gasteiger partial charge < -0.3 is 35.2 Å². The summed E-state index contributed by atoms with van der Waals surface area (Å²) >= 11 is 0. The number of carbonyl (C=O) groups is 5. The summed E-state index contributed by atoms with van der Waals surface area (Å²) < 4.78 is 26.7. The molecule has 0 aliphatic rings. The molecule has 0 amide bonds. The van der Waals surface area contributed by atoms with Crippen molar-refractivity contribution in [1.82, 2.24) is 0 Å². The van der Waals surface area contributed by atoms with Crippen LogP contribution in [0, 0.1) is 0 Å². The minimum atomic E-state index is -0.719. The predicted octanol–water partition coefficient (Wildman–Crippen LogP) is 8.95. The van der Waals surface area contributed by atoms with E-state index in [4.69, 9.17) is 30.4 Å². The average Bonchev–Trinajstić information content (AvgIpc) is 3.22. The molecule has 4 rings (SSSR count). The van der Waals surface area contributed by atoms with Crippen LogP contribution in [0.4, 0.5) is 11.4 Å². The molecule has 0 saturated carbocycles. The fourth-order valence-electron chi connectivity index (χ4n) is 5.93. The minimum absolute atomic E-state index is 0.0288. The highest BCUT2D eigenvalue weighted by atomic mass is 16.6. The van der Waals surface area contributed by atoms with Crippen LogP contribution in [0.15, 0.2) is 91.0 Å². The Hall–Kier alpha value is -6.43. The van der Waals surface area contributed by atoms with Gasteiger partial charge in [-0.2, -0.15) is 0 Å². The summed E-state index contributed by atoms with van der Waals surface area (Å²) in [4.78, 5) is 63.0. The fourth-order valence-corrected chi connectivity index (χ4v) is 5.93. The van der Waals surface area contributed by atoms with Crippen molar-refractivity contribution in [3.8, 4) is 11.5 Å². The van der Waals surface area contributed by atoms with Gasteiger partial charge in [0.2, 0.25) is 0 Å². The maximum absolute atomic E-state index is 13.4. The van der Waals surface area contributed by atoms with Crippen LogP contribution in [0.5, 0.6) is 11.5 Å². The quantitative estimate of drug-likeness (QED) is 0.0193. The van der Waals surface area contributed by atoms with E-state index in [0.29, 0.717) is 41.1 Å². The summed E-state index contributed by atoms with van der Waals surface area (Å²) in [6.07, 6.45) is 13.1. The number of hydrogen-bond acceptors (Lipinski definition) is 12. The molecule has 0 atom stereocenters. The van der Waals surface area contributed by atoms with Gasteiger partial charge >= 0.3 is 29.8 Å². The molecule has 12 nitrogen and oxygen atoms in total. The van der Waals surface area contributed by atoms with Gasteiger partial charge in [-0.15, -0.1) is 0 Å². The van der Waals surface area contributed by atoms with Crippen LogP contribution < -0.4 is 20.9 Å². The molecule has 0 unspecified atom stereocenters. The normalized spacial score (nSPS) is 10.9. The molecular weight excluding hydrogens is 741 g/mol. The van der Waals surface area contributed by atoms with E-state index in [9.17, 15) is 24.0 Å². The highest BCUT2D eigenvalue weighted by Crippen LogP contribution is 2.27. The lowest BCUT2D eigenvalue weighted by Gasteiger charge is -2.13. The Kier molecular flexibility index (Phi) is 18.0. The zero-order valence-electron chi connectivity index (χ0n) is 33.2. The summed E-state index contributed by atoms with van der Waals surface area (Å²) in [5.41, 5.74) is 14.9. The van der Waals surface area contributed by atoms with Crippen molar-refractivity contribution >= 4 is 47.3 Å². The van der Waals surface area contributed by atoms with Crippen molar-refractivity contribution < 1.29 is 47.7 Å². The van der Waals surface area contributed by atoms with Gasteiger partial charge in [-0.1, -0.05) is 82.6 Å². The number of ether oxygens (including phenoxy) is 5. The molecule has 0 aromatic heterocycles. The van der Waals surface area contributed by atoms with Gasteiger partial charge in [0.05, 0.1) is 37.0 Å². The smallest absolute Gasteiger partial charge is 0.343 e. The summed E-state index contributed by atoms with van der Waals surface area (Å²) in [5, 5.41) is 0. The lowest BCUT2D eigenvalue weighted by Crippen LogP contribution is -2.14. The topological polar surface area (TPSA) is 184 Å². The van der Waals surface area contributed by atoms with Gasteiger partial charge in [0.15, 0.2) is 0 Å². The number of benzene rings is 4. The second kappa shape index (κ2) is 23.6. The standard InChI is InChI=1S/C46H52N2O10/c1-3-13-32-14-19-35(20-15-32)45(52)58-41-24-23-39(57-44(51)34-21-16-33(17-22-34)18-25-42(49)54-2)31-40(41)46(53)56-27-12-10-8-6-4-5-7-9-11-26-55-43(50)36-28-37(47)30-38(48)29-36/h14-25,28-31H,3-13,26-27,47-48H2,1-2H3. The number of rotatable bonds is 22. The molecule has 0 saturated heterocycles. The third-order valence-corrected chi connectivity index (χ3v) is 9.04. The van der Waals surface area contributed by atoms with Gasteiger partial charge in [-0.25, -0.2) is 24.0 Å². The lowest BCUT2D eigenvalue weighted by molar-refractivity contribution is -0.134. The molecule has 58 heavy (non-hydrogen) atoms. The van der Waals surface area contributed by atoms with E-state index in [1.54, 1.807) is 60.7 Å². The molecule has 12 heteroatoms. The summed E-state index contributed by atoms with van der Waals surface area (Å²) in [6.45, 7) is 2.57. The highest BCUT2D eigenvalue weighted by Gasteiger charge is 2.21. The molecule has 306 valence electrons. The third kappa shape index (κ3) is 14.9. The summed E-state index contributed by atoms with van der Waals surface area (Å²) in [6, 6.07) is 22.3. The first kappa shape index (κ1) is 44.3. The number of methoxy groups -OCH3 is 1. The first-order valence-corrected chi connectivity index (χ1v) is 19.6. The van der Waals surface area contributed by atoms with E-state index in [2.05, 4.69) is 11.7 Å². The number of hydrogen-bond donors (Lipinski definition) is 2. The molecule has 0 radical (unpaired) electrons. The molecule has 0 aliphatic heterocycles. The van der Waals surface area contributed by atoms with Crippen LogP contribution in [-0.2, 0) is 25.4 Å². The largest absolute Gasteiger partial charge is 0.466 e. The Balaban J connectivity index is 1.23. The van der Waals surface area contributed by atoms with Gasteiger partial charge in [-0.05, 0) is 97.1 Å². The number of nitrogen functional groups attached to an aromatic ring is 2. The highest BCUT2D eigenvalue weighted by molar-refractivity contribution is 5.97. The molecule has 0 aliphatic carbocycles. The molecule has 4 aromatic rings. The molecule has 4 N–H and O–H groups in total. The van der Waals surface area contributed by atoms with E-state index in [-0.39, 0.29) is 29.2 Å². The molecule has 0 heterocycles. The molecule has 0 spiro atoms. The first-order valence-electron chi connectivity index (χ1n) is 19.6. The lowest BCUT2D eigenvalue weighted by atomic mass is 10.1. The second-order valence-electron chi connectivity index (χ2n) is 13.7. The average molecular weight is 793 g/mol. The Labute approximate surface area is 339 Å². The second-order valence-corrected chi connectivity index (χ2v) is 13.7. The molecule has 0 fully saturated rings. The van der Waals surface area contributed by atoms with Crippen LogP contribution in [0.25, 0.3) is 6.08 Å². The summed E-state index contributed by atoms with van der Waals surface area (Å²) in [5.74, 6) is -2.95. The number of unbranched alkanes of at least 4 members (excludes halogenated alkanes) is 8. The number of carbonyl (C=O) groups excluding carboxylic acids is 5. The molecule has 4 aromatic carbocycles. The van der Waals surface area contributed by atoms with Crippen molar-refractivity contribution in [2.45, 2.75) is 77.6 Å². The van der Waals surface area contributed by atoms with Gasteiger partial charge in [0, 0.05) is 17.5 Å². The third-order valence-electron chi connectivity index (χ3n) is 9.04. The van der Waals surface area contributed by atoms with Crippen LogP contribution >= 0.6 is 0 Å². The predicted molar refractivity (Wildman–Crippen MR) is 222 cm³/mol. The van der Waals surface area contributed by atoms with E-state index in [1.165, 1.54) is 31.4 Å². The van der Waals surface area contributed by atoms with Crippen LogP contribution in [0.2, 0.25) is 0 Å². The van der Waals surface area contributed by atoms with E-state index in [1.807, 2.05) is 12.1 Å². The Bertz CT molecular complexity index is 2000. The van der Waals surface area contributed by atoms with Gasteiger partial charge in [-0.3, -0.25) is 0 Å². The molecule has 0 bridgehead atoms. The number of anilines is 2. The maximum atomic E-state index is 13.4. The maximum Gasteiger partial charge on any atom is 0.343 e. The number of esters is 5. The van der Waals surface area contributed by atoms with Gasteiger partial charge in [0.25, 0.3) is 0 Å².